The van der Waals surface area contributed by atoms with Gasteiger partial charge in [0.1, 0.15) is 0 Å². The van der Waals surface area contributed by atoms with E-state index < -0.39 is 0 Å². The molecule has 2 atom stereocenters. The fourth-order valence-corrected chi connectivity index (χ4v) is 15.4. The number of anilines is 2. The third-order valence-electron chi connectivity index (χ3n) is 16.6. The summed E-state index contributed by atoms with van der Waals surface area (Å²) >= 11 is 11.2. The molecule has 0 N–H and O–H groups in total. The predicted molar refractivity (Wildman–Crippen MR) is 344 cm³/mol. The molecule has 75 heavy (non-hydrogen) atoms. The minimum Gasteiger partial charge on any atom is -0.373 e. The van der Waals surface area contributed by atoms with Gasteiger partial charge in [0.25, 0.3) is 0 Å². The molecule has 2 aromatic carbocycles. The zero-order valence-corrected chi connectivity index (χ0v) is 53.3. The number of fused-ring (bicyclic) bond motifs is 7. The van der Waals surface area contributed by atoms with Crippen molar-refractivity contribution in [2.24, 2.45) is 11.8 Å². The number of amides is 1. The fraction of sp³-hybridized carbons (Fsp3) is 0.742. The number of rotatable bonds is 47. The number of benzene rings is 2. The molecule has 422 valence electrons. The maximum atomic E-state index is 13.8. The first-order valence-corrected chi connectivity index (χ1v) is 34.9. The highest BCUT2D eigenvalue weighted by atomic mass is 79.9. The van der Waals surface area contributed by atoms with Crippen molar-refractivity contribution in [3.05, 3.63) is 31.8 Å². The Hall–Kier alpha value is -1.81. The molecule has 0 radical (unpaired) electrons. The zero-order valence-electron chi connectivity index (χ0n) is 48.5. The van der Waals surface area contributed by atoms with Gasteiger partial charge < -0.3 is 9.80 Å². The molecule has 0 fully saturated rings. The Kier molecular flexibility index (Phi) is 33.1. The smallest absolute Gasteiger partial charge is 0.214 e. The highest BCUT2D eigenvalue weighted by Gasteiger charge is 2.24. The average Bonchev–Trinajstić information content (AvgIpc) is 4.01. The second kappa shape index (κ2) is 38.7. The lowest BCUT2D eigenvalue weighted by Gasteiger charge is -2.32. The summed E-state index contributed by atoms with van der Waals surface area (Å²) < 4.78 is 4.72. The second-order valence-corrected chi connectivity index (χ2v) is 28.0. The molecule has 0 bridgehead atoms. The molecule has 3 heterocycles. The lowest BCUT2D eigenvalue weighted by atomic mass is 9.92. The summed E-state index contributed by atoms with van der Waals surface area (Å²) in [5.41, 5.74) is 5.81. The number of carbonyl (C=O) groups is 1. The van der Waals surface area contributed by atoms with Crippen LogP contribution in [0.1, 0.15) is 285 Å². The maximum absolute atomic E-state index is 13.8. The Morgan fingerprint density at radius 3 is 1.04 bits per heavy atom. The highest BCUT2D eigenvalue weighted by molar-refractivity contribution is 9.11. The van der Waals surface area contributed by atoms with Crippen LogP contribution in [0.15, 0.2) is 31.8 Å². The second-order valence-electron chi connectivity index (χ2n) is 23.2. The minimum absolute atomic E-state index is 0.472. The Morgan fingerprint density at radius 1 is 0.427 bits per heavy atom. The SMILES string of the molecule is CCCCCCCCCCCCC(CCCCCCCCCC)CN(C)c1cc2nc3c4cc(Br)sc4c4sc(Br)cc4c3nc2cc1N(C=O)CC(CCCCCCCCCC)CCCCCCCCCCCC. The Bertz CT molecular complexity index is 2290. The van der Waals surface area contributed by atoms with Crippen LogP contribution < -0.4 is 9.80 Å². The van der Waals surface area contributed by atoms with Gasteiger partial charge in [-0.2, -0.15) is 0 Å². The average molecular weight is 1200 g/mol. The Labute approximate surface area is 484 Å². The van der Waals surface area contributed by atoms with Crippen molar-refractivity contribution in [2.75, 3.05) is 29.9 Å². The normalized spacial score (nSPS) is 12.8. The number of aromatic nitrogens is 2. The van der Waals surface area contributed by atoms with Gasteiger partial charge in [0.05, 0.1) is 50.4 Å². The molecular formula is C66H106Br2N4OS2. The molecule has 0 spiro atoms. The van der Waals surface area contributed by atoms with E-state index in [0.29, 0.717) is 11.8 Å². The van der Waals surface area contributed by atoms with Gasteiger partial charge in [-0.25, -0.2) is 9.97 Å². The fourth-order valence-electron chi connectivity index (χ4n) is 12.0. The standard InChI is InChI=1S/C66H106Br2N4OS2/c1-6-10-14-18-22-26-28-32-35-39-43-53(42-38-34-30-24-20-16-12-8-3)50-71(5)59-48-57-58(70-64-56-47-62(68)75-66(56)65-55(63(64)69-57)46-61(67)74-65)49-60(59)72(52-73)51-54(44-40-36-31-25-21-17-13-9-4)45-41-37-33-29-27-23-19-15-11-7-2/h46-49,52-54H,6-45,50-51H2,1-5H3. The van der Waals surface area contributed by atoms with Crippen LogP contribution >= 0.6 is 54.5 Å². The van der Waals surface area contributed by atoms with Crippen molar-refractivity contribution in [3.63, 3.8) is 0 Å². The maximum Gasteiger partial charge on any atom is 0.214 e. The third kappa shape index (κ3) is 23.1. The van der Waals surface area contributed by atoms with Crippen molar-refractivity contribution in [2.45, 2.75) is 285 Å². The number of hydrogen-bond acceptors (Lipinski definition) is 6. The van der Waals surface area contributed by atoms with Crippen LogP contribution in [0, 0.1) is 11.8 Å². The van der Waals surface area contributed by atoms with Crippen LogP contribution in [-0.4, -0.2) is 36.5 Å². The number of carbonyl (C=O) groups excluding carboxylic acids is 1. The van der Waals surface area contributed by atoms with Gasteiger partial charge in [-0.1, -0.05) is 259 Å². The summed E-state index contributed by atoms with van der Waals surface area (Å²) in [4.78, 5) is 29.5. The third-order valence-corrected chi connectivity index (χ3v) is 20.0. The summed E-state index contributed by atoms with van der Waals surface area (Å²) in [6, 6.07) is 9.00. The molecule has 2 unspecified atom stereocenters. The van der Waals surface area contributed by atoms with Crippen molar-refractivity contribution < 1.29 is 4.79 Å². The van der Waals surface area contributed by atoms with E-state index in [1.165, 1.54) is 266 Å². The van der Waals surface area contributed by atoms with Gasteiger partial charge in [-0.3, -0.25) is 4.79 Å². The Morgan fingerprint density at radius 2 is 0.720 bits per heavy atom. The zero-order chi connectivity index (χ0) is 53.3. The highest BCUT2D eigenvalue weighted by Crippen LogP contribution is 2.46. The van der Waals surface area contributed by atoms with E-state index in [-0.39, 0.29) is 0 Å². The molecule has 5 nitrogen and oxygen atoms in total. The van der Waals surface area contributed by atoms with Gasteiger partial charge in [-0.15, -0.1) is 22.7 Å². The van der Waals surface area contributed by atoms with Crippen molar-refractivity contribution >= 4 is 115 Å². The Balaban J connectivity index is 1.42. The molecular weight excluding hydrogens is 1090 g/mol. The van der Waals surface area contributed by atoms with Gasteiger partial charge >= 0.3 is 0 Å². The van der Waals surface area contributed by atoms with Crippen molar-refractivity contribution in [1.29, 1.82) is 0 Å². The molecule has 3 aromatic heterocycles. The first-order chi connectivity index (χ1) is 36.8. The first kappa shape index (κ1) is 64.0. The van der Waals surface area contributed by atoms with Crippen molar-refractivity contribution in [1.82, 2.24) is 9.97 Å². The van der Waals surface area contributed by atoms with Gasteiger partial charge in [0, 0.05) is 30.9 Å². The summed E-state index contributed by atoms with van der Waals surface area (Å²) in [7, 11) is 2.31. The quantitative estimate of drug-likeness (QED) is 0.0221. The minimum atomic E-state index is 0.472. The van der Waals surface area contributed by atoms with Gasteiger partial charge in [-0.05, 0) is 93.6 Å². The summed E-state index contributed by atoms with van der Waals surface area (Å²) in [5.74, 6) is 1.08. The number of unbranched alkanes of at least 4 members (excludes halogenated alkanes) is 32. The topological polar surface area (TPSA) is 49.3 Å². The van der Waals surface area contributed by atoms with E-state index in [2.05, 4.69) is 101 Å². The molecule has 9 heteroatoms. The number of hydrogen-bond donors (Lipinski definition) is 0. The van der Waals surface area contributed by atoms with Crippen LogP contribution in [0.5, 0.6) is 0 Å². The predicted octanol–water partition coefficient (Wildman–Crippen LogP) is 24.1. The molecule has 0 saturated heterocycles. The van der Waals surface area contributed by atoms with E-state index in [0.717, 1.165) is 71.3 Å². The molecule has 0 aliphatic carbocycles. The molecule has 5 rings (SSSR count). The van der Waals surface area contributed by atoms with E-state index in [1.54, 1.807) is 22.7 Å². The monoisotopic (exact) mass is 1190 g/mol. The van der Waals surface area contributed by atoms with Gasteiger partial charge in [0.15, 0.2) is 0 Å². The number of nitrogens with zero attached hydrogens (tertiary/aromatic N) is 4. The van der Waals surface area contributed by atoms with Crippen LogP contribution in [0.2, 0.25) is 0 Å². The van der Waals surface area contributed by atoms with E-state index in [4.69, 9.17) is 9.97 Å². The van der Waals surface area contributed by atoms with Crippen LogP contribution in [0.4, 0.5) is 11.4 Å². The first-order valence-electron chi connectivity index (χ1n) is 31.7. The van der Waals surface area contributed by atoms with Crippen LogP contribution in [-0.2, 0) is 4.79 Å². The largest absolute Gasteiger partial charge is 0.373 e. The van der Waals surface area contributed by atoms with Gasteiger partial charge in [0.2, 0.25) is 6.41 Å². The number of halogens is 2. The lowest BCUT2D eigenvalue weighted by molar-refractivity contribution is -0.107. The van der Waals surface area contributed by atoms with Crippen LogP contribution in [0.25, 0.3) is 42.2 Å². The lowest BCUT2D eigenvalue weighted by Crippen LogP contribution is -2.32. The van der Waals surface area contributed by atoms with Crippen LogP contribution in [0.3, 0.4) is 0 Å². The molecule has 0 saturated carbocycles. The van der Waals surface area contributed by atoms with Crippen molar-refractivity contribution in [3.8, 4) is 0 Å². The summed E-state index contributed by atoms with van der Waals surface area (Å²) in [6.45, 7) is 11.0. The summed E-state index contributed by atoms with van der Waals surface area (Å²) in [5, 5.41) is 2.30. The van der Waals surface area contributed by atoms with E-state index in [9.17, 15) is 4.79 Å². The molecule has 0 aliphatic heterocycles. The van der Waals surface area contributed by atoms with E-state index in [1.807, 2.05) is 0 Å². The summed E-state index contributed by atoms with van der Waals surface area (Å²) in [6.07, 6.45) is 54.9. The molecule has 5 aromatic rings. The molecule has 1 amide bonds. The number of thiophene rings is 2. The van der Waals surface area contributed by atoms with E-state index >= 15 is 0 Å². The molecule has 0 aliphatic rings.